The van der Waals surface area contributed by atoms with Crippen LogP contribution in [0.2, 0.25) is 0 Å². The first-order valence-corrected chi connectivity index (χ1v) is 4.65. The lowest BCUT2D eigenvalue weighted by Crippen LogP contribution is -2.03. The van der Waals surface area contributed by atoms with Crippen LogP contribution in [0, 0.1) is 0 Å². The van der Waals surface area contributed by atoms with E-state index in [4.69, 9.17) is 16.3 Å². The first-order chi connectivity index (χ1) is 5.81. The van der Waals surface area contributed by atoms with E-state index in [1.807, 2.05) is 0 Å². The lowest BCUT2D eigenvalue weighted by atomic mass is 10.2. The first-order valence-electron chi connectivity index (χ1n) is 4.22. The Balaban J connectivity index is 3.21. The predicted octanol–water partition coefficient (Wildman–Crippen LogP) is 2.86. The highest BCUT2D eigenvalue weighted by Gasteiger charge is 1.99. The molecule has 0 amide bonds. The molecule has 3 heteroatoms. The Morgan fingerprint density at radius 3 is 2.83 bits per heavy atom. The van der Waals surface area contributed by atoms with Crippen LogP contribution in [0.3, 0.4) is 0 Å². The molecule has 0 heterocycles. The lowest BCUT2D eigenvalue weighted by Gasteiger charge is -1.99. The SMILES string of the molecule is CCCCCC(=O)OC/C=C/Cl. The van der Waals surface area contributed by atoms with Crippen LogP contribution in [-0.4, -0.2) is 12.6 Å². The monoisotopic (exact) mass is 190 g/mol. The predicted molar refractivity (Wildman–Crippen MR) is 50.1 cm³/mol. The summed E-state index contributed by atoms with van der Waals surface area (Å²) in [5.41, 5.74) is 1.35. The Hall–Kier alpha value is -0.500. The van der Waals surface area contributed by atoms with Crippen molar-refractivity contribution in [2.24, 2.45) is 0 Å². The molecule has 0 atom stereocenters. The second-order valence-electron chi connectivity index (χ2n) is 2.50. The highest BCUT2D eigenvalue weighted by molar-refractivity contribution is 6.25. The molecule has 0 radical (unpaired) electrons. The van der Waals surface area contributed by atoms with Crippen LogP contribution in [0.15, 0.2) is 11.6 Å². The Bertz CT molecular complexity index is 143. The zero-order valence-electron chi connectivity index (χ0n) is 7.38. The van der Waals surface area contributed by atoms with Gasteiger partial charge in [0.15, 0.2) is 0 Å². The van der Waals surface area contributed by atoms with Crippen LogP contribution in [0.4, 0.5) is 0 Å². The van der Waals surface area contributed by atoms with Gasteiger partial charge in [-0.25, -0.2) is 0 Å². The van der Waals surface area contributed by atoms with Gasteiger partial charge in [0.05, 0.1) is 0 Å². The van der Waals surface area contributed by atoms with E-state index in [0.717, 1.165) is 19.3 Å². The summed E-state index contributed by atoms with van der Waals surface area (Å²) < 4.78 is 4.82. The maximum atomic E-state index is 10.9. The number of hydrogen-bond donors (Lipinski definition) is 0. The summed E-state index contributed by atoms with van der Waals surface area (Å²) >= 11 is 5.24. The highest BCUT2D eigenvalue weighted by Crippen LogP contribution is 2.00. The minimum Gasteiger partial charge on any atom is -0.461 e. The number of rotatable bonds is 6. The van der Waals surface area contributed by atoms with Crippen molar-refractivity contribution in [1.82, 2.24) is 0 Å². The standard InChI is InChI=1S/C9H15ClO2/c1-2-3-4-6-9(11)12-8-5-7-10/h5,7H,2-4,6,8H2,1H3/b7-5+. The average Bonchev–Trinajstić information content (AvgIpc) is 2.06. The Labute approximate surface area is 78.5 Å². The fraction of sp³-hybridized carbons (Fsp3) is 0.667. The molecule has 0 rings (SSSR count). The van der Waals surface area contributed by atoms with Crippen molar-refractivity contribution in [3.05, 3.63) is 11.6 Å². The quantitative estimate of drug-likeness (QED) is 0.476. The van der Waals surface area contributed by atoms with Crippen LogP contribution >= 0.6 is 11.6 Å². The summed E-state index contributed by atoms with van der Waals surface area (Å²) in [7, 11) is 0. The van der Waals surface area contributed by atoms with Crippen molar-refractivity contribution in [3.63, 3.8) is 0 Å². The third-order valence-electron chi connectivity index (χ3n) is 1.41. The Kier molecular flexibility index (Phi) is 8.24. The van der Waals surface area contributed by atoms with Crippen LogP contribution in [-0.2, 0) is 9.53 Å². The van der Waals surface area contributed by atoms with Crippen molar-refractivity contribution in [2.45, 2.75) is 32.6 Å². The zero-order valence-corrected chi connectivity index (χ0v) is 8.14. The van der Waals surface area contributed by atoms with Gasteiger partial charge in [0.2, 0.25) is 0 Å². The number of halogens is 1. The fourth-order valence-corrected chi connectivity index (χ4v) is 0.842. The number of hydrogen-bond acceptors (Lipinski definition) is 2. The van der Waals surface area contributed by atoms with Gasteiger partial charge in [-0.3, -0.25) is 4.79 Å². The third-order valence-corrected chi connectivity index (χ3v) is 1.59. The molecule has 0 unspecified atom stereocenters. The third kappa shape index (κ3) is 7.61. The second-order valence-corrected chi connectivity index (χ2v) is 2.75. The summed E-state index contributed by atoms with van der Waals surface area (Å²) in [5.74, 6) is -0.141. The van der Waals surface area contributed by atoms with E-state index < -0.39 is 0 Å². The van der Waals surface area contributed by atoms with Gasteiger partial charge in [-0.05, 0) is 12.5 Å². The Morgan fingerprint density at radius 2 is 2.25 bits per heavy atom. The summed E-state index contributed by atoms with van der Waals surface area (Å²) in [6, 6.07) is 0. The summed E-state index contributed by atoms with van der Waals surface area (Å²) in [4.78, 5) is 10.9. The van der Waals surface area contributed by atoms with Gasteiger partial charge in [0.1, 0.15) is 6.61 Å². The molecule has 0 saturated heterocycles. The van der Waals surface area contributed by atoms with Crippen molar-refractivity contribution in [3.8, 4) is 0 Å². The van der Waals surface area contributed by atoms with Gasteiger partial charge in [-0.1, -0.05) is 31.4 Å². The number of ether oxygens (including phenoxy) is 1. The van der Waals surface area contributed by atoms with E-state index in [1.54, 1.807) is 6.08 Å². The molecule has 0 aromatic heterocycles. The van der Waals surface area contributed by atoms with E-state index in [-0.39, 0.29) is 12.6 Å². The van der Waals surface area contributed by atoms with Crippen LogP contribution in [0.1, 0.15) is 32.6 Å². The molecule has 0 fully saturated rings. The zero-order chi connectivity index (χ0) is 9.23. The largest absolute Gasteiger partial charge is 0.461 e. The van der Waals surface area contributed by atoms with Crippen LogP contribution in [0.25, 0.3) is 0 Å². The molecule has 0 aliphatic rings. The van der Waals surface area contributed by atoms with Gasteiger partial charge < -0.3 is 4.74 Å². The maximum Gasteiger partial charge on any atom is 0.306 e. The van der Waals surface area contributed by atoms with Gasteiger partial charge in [0.25, 0.3) is 0 Å². The topological polar surface area (TPSA) is 26.3 Å². The molecule has 0 aromatic rings. The van der Waals surface area contributed by atoms with E-state index in [0.29, 0.717) is 6.42 Å². The minimum absolute atomic E-state index is 0.141. The van der Waals surface area contributed by atoms with E-state index >= 15 is 0 Å². The van der Waals surface area contributed by atoms with E-state index in [1.165, 1.54) is 5.54 Å². The molecule has 0 aliphatic carbocycles. The maximum absolute atomic E-state index is 10.9. The molecule has 12 heavy (non-hydrogen) atoms. The first kappa shape index (κ1) is 11.5. The summed E-state index contributed by atoms with van der Waals surface area (Å²) in [5, 5.41) is 0. The number of unbranched alkanes of at least 4 members (excludes halogenated alkanes) is 2. The fourth-order valence-electron chi connectivity index (χ4n) is 0.769. The summed E-state index contributed by atoms with van der Waals surface area (Å²) in [6.45, 7) is 2.38. The van der Waals surface area contributed by atoms with E-state index in [9.17, 15) is 4.79 Å². The van der Waals surface area contributed by atoms with Crippen molar-refractivity contribution in [1.29, 1.82) is 0 Å². The molecule has 0 aromatic carbocycles. The number of carbonyl (C=O) groups excluding carboxylic acids is 1. The molecule has 0 aliphatic heterocycles. The van der Waals surface area contributed by atoms with E-state index in [2.05, 4.69) is 6.92 Å². The lowest BCUT2D eigenvalue weighted by molar-refractivity contribution is -0.142. The molecular weight excluding hydrogens is 176 g/mol. The van der Waals surface area contributed by atoms with Crippen molar-refractivity contribution in [2.75, 3.05) is 6.61 Å². The van der Waals surface area contributed by atoms with Crippen LogP contribution < -0.4 is 0 Å². The van der Waals surface area contributed by atoms with Crippen molar-refractivity contribution < 1.29 is 9.53 Å². The normalized spacial score (nSPS) is 10.5. The van der Waals surface area contributed by atoms with Gasteiger partial charge in [-0.2, -0.15) is 0 Å². The van der Waals surface area contributed by atoms with Gasteiger partial charge in [0, 0.05) is 12.0 Å². The average molecular weight is 191 g/mol. The highest BCUT2D eigenvalue weighted by atomic mass is 35.5. The van der Waals surface area contributed by atoms with Crippen LogP contribution in [0.5, 0.6) is 0 Å². The van der Waals surface area contributed by atoms with Gasteiger partial charge >= 0.3 is 5.97 Å². The molecule has 2 nitrogen and oxygen atoms in total. The minimum atomic E-state index is -0.141. The van der Waals surface area contributed by atoms with Gasteiger partial charge in [-0.15, -0.1) is 0 Å². The molecule has 70 valence electrons. The smallest absolute Gasteiger partial charge is 0.306 e. The van der Waals surface area contributed by atoms with Crippen molar-refractivity contribution >= 4 is 17.6 Å². The molecular formula is C9H15ClO2. The summed E-state index contributed by atoms with van der Waals surface area (Å²) in [6.07, 6.45) is 5.23. The molecule has 0 bridgehead atoms. The Morgan fingerprint density at radius 1 is 1.50 bits per heavy atom. The second kappa shape index (κ2) is 8.60. The molecule has 0 N–H and O–H groups in total. The number of esters is 1. The number of carbonyl (C=O) groups is 1. The molecule has 0 spiro atoms. The molecule has 0 saturated carbocycles.